The molecule has 3 rings (SSSR count). The van der Waals surface area contributed by atoms with Gasteiger partial charge in [-0.25, -0.2) is 9.78 Å². The quantitative estimate of drug-likeness (QED) is 0.655. The third kappa shape index (κ3) is 4.23. The van der Waals surface area contributed by atoms with E-state index in [2.05, 4.69) is 27.0 Å². The van der Waals surface area contributed by atoms with Crippen LogP contribution in [-0.4, -0.2) is 26.7 Å². The molecule has 3 amide bonds. The second kappa shape index (κ2) is 8.05. The number of imide groups is 1. The first-order valence-corrected chi connectivity index (χ1v) is 9.18. The lowest BCUT2D eigenvalue weighted by Crippen LogP contribution is -2.39. The molecule has 2 aromatic carbocycles. The number of fused-ring (bicyclic) bond motifs is 1. The van der Waals surface area contributed by atoms with Gasteiger partial charge >= 0.3 is 6.03 Å². The van der Waals surface area contributed by atoms with Gasteiger partial charge < -0.3 is 10.3 Å². The summed E-state index contributed by atoms with van der Waals surface area (Å²) in [6, 6.07) is 17.3. The van der Waals surface area contributed by atoms with E-state index in [0.717, 1.165) is 29.2 Å². The molecule has 0 saturated heterocycles. The van der Waals surface area contributed by atoms with Crippen LogP contribution < -0.4 is 11.1 Å². The topological polar surface area (TPSA) is 90.0 Å². The zero-order valence-electron chi connectivity index (χ0n) is 14.4. The average molecular weight is 368 g/mol. The van der Waals surface area contributed by atoms with E-state index >= 15 is 0 Å². The molecule has 6 nitrogen and oxygen atoms in total. The Morgan fingerprint density at radius 3 is 2.58 bits per heavy atom. The molecule has 0 saturated carbocycles. The first-order chi connectivity index (χ1) is 12.5. The highest BCUT2D eigenvalue weighted by Gasteiger charge is 2.20. The number of nitrogens with two attached hydrogens (primary N) is 1. The Balaban J connectivity index is 1.84. The van der Waals surface area contributed by atoms with E-state index in [4.69, 9.17) is 5.73 Å². The highest BCUT2D eigenvalue weighted by atomic mass is 32.2. The molecular formula is C19H20N4O2S. The minimum atomic E-state index is -0.847. The van der Waals surface area contributed by atoms with Crippen LogP contribution >= 0.6 is 11.8 Å². The number of carbonyl (C=O) groups is 2. The van der Waals surface area contributed by atoms with Crippen LogP contribution in [0.15, 0.2) is 59.8 Å². The molecule has 1 atom stereocenters. The molecule has 0 aliphatic rings. The maximum Gasteiger partial charge on any atom is 0.318 e. The molecule has 0 bridgehead atoms. The van der Waals surface area contributed by atoms with E-state index in [1.807, 2.05) is 42.5 Å². The van der Waals surface area contributed by atoms with E-state index in [1.165, 1.54) is 17.3 Å². The zero-order valence-corrected chi connectivity index (χ0v) is 15.2. The maximum atomic E-state index is 12.0. The van der Waals surface area contributed by atoms with Crippen molar-refractivity contribution in [3.05, 3.63) is 60.2 Å². The number of imidazole rings is 1. The van der Waals surface area contributed by atoms with E-state index < -0.39 is 17.2 Å². The molecule has 1 aromatic heterocycles. The number of primary amides is 1. The molecule has 1 heterocycles. The molecule has 3 aromatic rings. The summed E-state index contributed by atoms with van der Waals surface area (Å²) in [5.41, 5.74) is 8.17. The number of aromatic nitrogens is 2. The third-order valence-electron chi connectivity index (χ3n) is 3.98. The third-order valence-corrected chi connectivity index (χ3v) is 5.07. The number of hydrogen-bond acceptors (Lipinski definition) is 4. The number of nitrogens with one attached hydrogen (secondary N) is 1. The Hall–Kier alpha value is -2.80. The molecule has 134 valence electrons. The summed E-state index contributed by atoms with van der Waals surface area (Å²) >= 11 is 1.31. The van der Waals surface area contributed by atoms with Crippen molar-refractivity contribution in [1.82, 2.24) is 14.9 Å². The molecule has 0 aliphatic carbocycles. The molecule has 0 aliphatic heterocycles. The first-order valence-electron chi connectivity index (χ1n) is 8.31. The van der Waals surface area contributed by atoms with Gasteiger partial charge in [0.15, 0.2) is 5.16 Å². The van der Waals surface area contributed by atoms with Crippen LogP contribution in [0.25, 0.3) is 11.0 Å². The van der Waals surface area contributed by atoms with Gasteiger partial charge in [-0.15, -0.1) is 0 Å². The summed E-state index contributed by atoms with van der Waals surface area (Å²) in [6.45, 7) is 2.47. The summed E-state index contributed by atoms with van der Waals surface area (Å²) in [5.74, 6) is -0.427. The minimum absolute atomic E-state index is 0.427. The summed E-state index contributed by atoms with van der Waals surface area (Å²) < 4.78 is 2.11. The first kappa shape index (κ1) is 18.0. The second-order valence-corrected chi connectivity index (χ2v) is 7.19. The highest BCUT2D eigenvalue weighted by molar-refractivity contribution is 8.00. The van der Waals surface area contributed by atoms with Crippen LogP contribution in [0.4, 0.5) is 4.79 Å². The van der Waals surface area contributed by atoms with E-state index in [0.29, 0.717) is 0 Å². The number of nitrogens with zero attached hydrogens (tertiary/aromatic N) is 2. The smallest absolute Gasteiger partial charge is 0.318 e. The van der Waals surface area contributed by atoms with Gasteiger partial charge in [-0.3, -0.25) is 10.1 Å². The van der Waals surface area contributed by atoms with Gasteiger partial charge in [0.1, 0.15) is 0 Å². The normalized spacial score (nSPS) is 12.0. The number of para-hydroxylation sites is 2. The Morgan fingerprint density at radius 2 is 1.85 bits per heavy atom. The van der Waals surface area contributed by atoms with E-state index in [1.54, 1.807) is 6.92 Å². The Kier molecular flexibility index (Phi) is 5.58. The molecule has 26 heavy (non-hydrogen) atoms. The van der Waals surface area contributed by atoms with Gasteiger partial charge in [-0.05, 0) is 31.0 Å². The Bertz CT molecular complexity index is 924. The van der Waals surface area contributed by atoms with Gasteiger partial charge in [0, 0.05) is 6.54 Å². The maximum absolute atomic E-state index is 12.0. The van der Waals surface area contributed by atoms with Crippen LogP contribution in [0.3, 0.4) is 0 Å². The monoisotopic (exact) mass is 368 g/mol. The number of amides is 3. The van der Waals surface area contributed by atoms with Crippen molar-refractivity contribution in [3.63, 3.8) is 0 Å². The Labute approximate surface area is 155 Å². The Morgan fingerprint density at radius 1 is 1.15 bits per heavy atom. The number of aryl methyl sites for hydroxylation is 2. The van der Waals surface area contributed by atoms with Crippen molar-refractivity contribution < 1.29 is 9.59 Å². The standard InChI is InChI=1S/C19H20N4O2S/c1-13(17(24)22-18(20)25)26-19-21-15-9-5-6-10-16(15)23(19)12-11-14-7-3-2-4-8-14/h2-10,13H,11-12H2,1H3,(H3,20,22,24,25)/t13-/m1/s1. The van der Waals surface area contributed by atoms with Gasteiger partial charge in [-0.2, -0.15) is 0 Å². The van der Waals surface area contributed by atoms with Gasteiger partial charge in [0.2, 0.25) is 5.91 Å². The predicted molar refractivity (Wildman–Crippen MR) is 103 cm³/mol. The van der Waals surface area contributed by atoms with Crippen molar-refractivity contribution in [2.45, 2.75) is 30.3 Å². The second-order valence-electron chi connectivity index (χ2n) is 5.88. The van der Waals surface area contributed by atoms with Crippen LogP contribution in [0.2, 0.25) is 0 Å². The van der Waals surface area contributed by atoms with Crippen LogP contribution in [0, 0.1) is 0 Å². The largest absolute Gasteiger partial charge is 0.351 e. The number of benzene rings is 2. The number of carbonyl (C=O) groups excluding carboxylic acids is 2. The van der Waals surface area contributed by atoms with Crippen molar-refractivity contribution in [2.24, 2.45) is 5.73 Å². The van der Waals surface area contributed by atoms with Crippen LogP contribution in [-0.2, 0) is 17.8 Å². The number of urea groups is 1. The number of thioether (sulfide) groups is 1. The summed E-state index contributed by atoms with van der Waals surface area (Å²) in [4.78, 5) is 27.5. The molecular weight excluding hydrogens is 348 g/mol. The van der Waals surface area contributed by atoms with Gasteiger partial charge in [-0.1, -0.05) is 54.2 Å². The van der Waals surface area contributed by atoms with Crippen molar-refractivity contribution in [3.8, 4) is 0 Å². The molecule has 7 heteroatoms. The fourth-order valence-electron chi connectivity index (χ4n) is 2.68. The summed E-state index contributed by atoms with van der Waals surface area (Å²) in [6.07, 6.45) is 0.858. The lowest BCUT2D eigenvalue weighted by molar-refractivity contribution is -0.119. The SMILES string of the molecule is C[C@@H](Sc1nc2ccccc2n1CCc1ccccc1)C(=O)NC(N)=O. The van der Waals surface area contributed by atoms with Crippen molar-refractivity contribution >= 4 is 34.7 Å². The fourth-order valence-corrected chi connectivity index (χ4v) is 3.63. The van der Waals surface area contributed by atoms with Crippen LogP contribution in [0.1, 0.15) is 12.5 Å². The molecule has 0 unspecified atom stereocenters. The summed E-state index contributed by atoms with van der Waals surface area (Å²) in [5, 5.41) is 2.37. The molecule has 0 spiro atoms. The number of rotatable bonds is 6. The lowest BCUT2D eigenvalue weighted by Gasteiger charge is -2.12. The van der Waals surface area contributed by atoms with Crippen molar-refractivity contribution in [1.29, 1.82) is 0 Å². The van der Waals surface area contributed by atoms with Crippen LogP contribution in [0.5, 0.6) is 0 Å². The fraction of sp³-hybridized carbons (Fsp3) is 0.211. The highest BCUT2D eigenvalue weighted by Crippen LogP contribution is 2.27. The van der Waals surface area contributed by atoms with Crippen molar-refractivity contribution in [2.75, 3.05) is 0 Å². The average Bonchev–Trinajstić information content (AvgIpc) is 2.97. The zero-order chi connectivity index (χ0) is 18.5. The molecule has 0 radical (unpaired) electrons. The predicted octanol–water partition coefficient (Wildman–Crippen LogP) is 2.95. The lowest BCUT2D eigenvalue weighted by atomic mass is 10.1. The summed E-state index contributed by atoms with van der Waals surface area (Å²) in [7, 11) is 0. The molecule has 0 fully saturated rings. The number of hydrogen-bond donors (Lipinski definition) is 2. The van der Waals surface area contributed by atoms with E-state index in [-0.39, 0.29) is 0 Å². The molecule has 3 N–H and O–H groups in total. The van der Waals surface area contributed by atoms with Gasteiger partial charge in [0.05, 0.1) is 16.3 Å². The van der Waals surface area contributed by atoms with Gasteiger partial charge in [0.25, 0.3) is 0 Å². The van der Waals surface area contributed by atoms with E-state index in [9.17, 15) is 9.59 Å². The minimum Gasteiger partial charge on any atom is -0.351 e.